The van der Waals surface area contributed by atoms with Crippen LogP contribution in [0, 0.1) is 27.7 Å². The van der Waals surface area contributed by atoms with E-state index < -0.39 is 0 Å². The van der Waals surface area contributed by atoms with E-state index in [9.17, 15) is 0 Å². The highest BCUT2D eigenvalue weighted by atomic mass is 16.5. The third-order valence-corrected chi connectivity index (χ3v) is 3.90. The minimum Gasteiger partial charge on any atom is -0.484 e. The van der Waals surface area contributed by atoms with Gasteiger partial charge in [-0.1, -0.05) is 35.9 Å². The van der Waals surface area contributed by atoms with E-state index >= 15 is 0 Å². The summed E-state index contributed by atoms with van der Waals surface area (Å²) in [6.07, 6.45) is -0.134. The lowest BCUT2D eigenvalue weighted by molar-refractivity contribution is 0.179. The van der Waals surface area contributed by atoms with Crippen LogP contribution in [0.5, 0.6) is 5.75 Å². The monoisotopic (exact) mass is 283 g/mol. The SMILES string of the molecule is Cc1ccc(C(Oc2cc(C)cc(C)c2C)C(C)N)cc1. The molecule has 0 aliphatic carbocycles. The Morgan fingerprint density at radius 1 is 0.905 bits per heavy atom. The molecule has 112 valence electrons. The number of hydrogen-bond acceptors (Lipinski definition) is 2. The Bertz CT molecular complexity index is 614. The molecule has 0 saturated carbocycles. The van der Waals surface area contributed by atoms with E-state index in [1.54, 1.807) is 0 Å². The second-order valence-corrected chi connectivity index (χ2v) is 6.01. The van der Waals surface area contributed by atoms with Gasteiger partial charge in [0, 0.05) is 6.04 Å². The van der Waals surface area contributed by atoms with Crippen LogP contribution < -0.4 is 10.5 Å². The van der Waals surface area contributed by atoms with Crippen LogP contribution in [0.3, 0.4) is 0 Å². The molecule has 2 rings (SSSR count). The first kappa shape index (κ1) is 15.6. The molecule has 0 amide bonds. The summed E-state index contributed by atoms with van der Waals surface area (Å²) in [5, 5.41) is 0. The molecule has 0 aliphatic rings. The van der Waals surface area contributed by atoms with Crippen LogP contribution in [-0.4, -0.2) is 6.04 Å². The Morgan fingerprint density at radius 2 is 1.52 bits per heavy atom. The van der Waals surface area contributed by atoms with E-state index in [0.29, 0.717) is 0 Å². The lowest BCUT2D eigenvalue weighted by atomic mass is 10.0. The molecule has 2 atom stereocenters. The van der Waals surface area contributed by atoms with Crippen LogP contribution in [0.15, 0.2) is 36.4 Å². The summed E-state index contributed by atoms with van der Waals surface area (Å²) in [7, 11) is 0. The van der Waals surface area contributed by atoms with Crippen molar-refractivity contribution in [3.63, 3.8) is 0 Å². The summed E-state index contributed by atoms with van der Waals surface area (Å²) in [5.41, 5.74) is 12.2. The third kappa shape index (κ3) is 3.64. The van der Waals surface area contributed by atoms with Gasteiger partial charge in [-0.2, -0.15) is 0 Å². The van der Waals surface area contributed by atoms with Crippen LogP contribution in [0.4, 0.5) is 0 Å². The first-order chi connectivity index (χ1) is 9.88. The van der Waals surface area contributed by atoms with E-state index in [0.717, 1.165) is 11.3 Å². The lowest BCUT2D eigenvalue weighted by Crippen LogP contribution is -2.29. The summed E-state index contributed by atoms with van der Waals surface area (Å²) in [6, 6.07) is 12.6. The highest BCUT2D eigenvalue weighted by Crippen LogP contribution is 2.29. The standard InChI is InChI=1S/C19H25NO/c1-12-6-8-17(9-7-12)19(16(5)20)21-18-11-13(2)10-14(3)15(18)4/h6-11,16,19H,20H2,1-5H3. The third-order valence-electron chi connectivity index (χ3n) is 3.90. The molecule has 0 aliphatic heterocycles. The molecule has 2 N–H and O–H groups in total. The Kier molecular flexibility index (Phi) is 4.69. The maximum absolute atomic E-state index is 6.27. The maximum Gasteiger partial charge on any atom is 0.138 e. The molecule has 0 fully saturated rings. The van der Waals surface area contributed by atoms with E-state index in [-0.39, 0.29) is 12.1 Å². The van der Waals surface area contributed by atoms with Crippen molar-refractivity contribution in [2.75, 3.05) is 0 Å². The zero-order chi connectivity index (χ0) is 15.6. The molecule has 0 heterocycles. The van der Waals surface area contributed by atoms with Gasteiger partial charge in [0.1, 0.15) is 11.9 Å². The summed E-state index contributed by atoms with van der Waals surface area (Å²) in [4.78, 5) is 0. The predicted molar refractivity (Wildman–Crippen MR) is 88.9 cm³/mol. The van der Waals surface area contributed by atoms with E-state index in [4.69, 9.17) is 10.5 Å². The van der Waals surface area contributed by atoms with Crippen molar-refractivity contribution in [2.45, 2.75) is 46.8 Å². The predicted octanol–water partition coefficient (Wildman–Crippen LogP) is 4.39. The minimum absolute atomic E-state index is 0.0760. The number of aryl methyl sites for hydroxylation is 3. The molecular formula is C19H25NO. The van der Waals surface area contributed by atoms with Crippen LogP contribution >= 0.6 is 0 Å². The molecule has 2 unspecified atom stereocenters. The summed E-state index contributed by atoms with van der Waals surface area (Å²) < 4.78 is 6.27. The Hall–Kier alpha value is -1.80. The van der Waals surface area contributed by atoms with Crippen LogP contribution in [0.25, 0.3) is 0 Å². The van der Waals surface area contributed by atoms with E-state index in [1.165, 1.54) is 22.3 Å². The van der Waals surface area contributed by atoms with Gasteiger partial charge in [0.2, 0.25) is 0 Å². The number of ether oxygens (including phenoxy) is 1. The summed E-state index contributed by atoms with van der Waals surface area (Å²) in [5.74, 6) is 0.926. The summed E-state index contributed by atoms with van der Waals surface area (Å²) >= 11 is 0. The maximum atomic E-state index is 6.27. The van der Waals surface area contributed by atoms with Gasteiger partial charge in [-0.15, -0.1) is 0 Å². The molecule has 0 bridgehead atoms. The van der Waals surface area contributed by atoms with Crippen LogP contribution in [0.2, 0.25) is 0 Å². The molecule has 0 aromatic heterocycles. The highest BCUT2D eigenvalue weighted by Gasteiger charge is 2.19. The van der Waals surface area contributed by atoms with Crippen molar-refractivity contribution in [1.82, 2.24) is 0 Å². The average molecular weight is 283 g/mol. The second-order valence-electron chi connectivity index (χ2n) is 6.01. The number of rotatable bonds is 4. The van der Waals surface area contributed by atoms with Gasteiger partial charge in [0.25, 0.3) is 0 Å². The fourth-order valence-electron chi connectivity index (χ4n) is 2.50. The highest BCUT2D eigenvalue weighted by molar-refractivity contribution is 5.42. The van der Waals surface area contributed by atoms with Crippen molar-refractivity contribution in [2.24, 2.45) is 5.73 Å². The molecule has 0 spiro atoms. The smallest absolute Gasteiger partial charge is 0.138 e. The van der Waals surface area contributed by atoms with Crippen LogP contribution in [0.1, 0.15) is 40.8 Å². The lowest BCUT2D eigenvalue weighted by Gasteiger charge is -2.25. The van der Waals surface area contributed by atoms with Gasteiger partial charge in [0.15, 0.2) is 0 Å². The van der Waals surface area contributed by atoms with Crippen molar-refractivity contribution < 1.29 is 4.74 Å². The fraction of sp³-hybridized carbons (Fsp3) is 0.368. The Balaban J connectivity index is 2.35. The molecule has 2 nitrogen and oxygen atoms in total. The Morgan fingerprint density at radius 3 is 2.10 bits per heavy atom. The molecule has 2 aromatic carbocycles. The molecule has 2 aromatic rings. The number of hydrogen-bond donors (Lipinski definition) is 1. The molecule has 2 heteroatoms. The van der Waals surface area contributed by atoms with Gasteiger partial charge >= 0.3 is 0 Å². The van der Waals surface area contributed by atoms with Gasteiger partial charge < -0.3 is 10.5 Å². The van der Waals surface area contributed by atoms with Crippen molar-refractivity contribution in [1.29, 1.82) is 0 Å². The minimum atomic E-state index is -0.134. The van der Waals surface area contributed by atoms with Gasteiger partial charge in [-0.25, -0.2) is 0 Å². The molecular weight excluding hydrogens is 258 g/mol. The quantitative estimate of drug-likeness (QED) is 0.903. The molecule has 0 radical (unpaired) electrons. The van der Waals surface area contributed by atoms with E-state index in [2.05, 4.69) is 64.1 Å². The van der Waals surface area contributed by atoms with Gasteiger partial charge in [-0.3, -0.25) is 0 Å². The number of benzene rings is 2. The Labute approximate surface area is 127 Å². The first-order valence-corrected chi connectivity index (χ1v) is 7.45. The van der Waals surface area contributed by atoms with Crippen molar-refractivity contribution >= 4 is 0 Å². The zero-order valence-electron chi connectivity index (χ0n) is 13.6. The first-order valence-electron chi connectivity index (χ1n) is 7.45. The normalized spacial score (nSPS) is 13.8. The van der Waals surface area contributed by atoms with E-state index in [1.807, 2.05) is 6.92 Å². The molecule has 0 saturated heterocycles. The van der Waals surface area contributed by atoms with Crippen LogP contribution in [-0.2, 0) is 0 Å². The zero-order valence-corrected chi connectivity index (χ0v) is 13.6. The summed E-state index contributed by atoms with van der Waals surface area (Å²) in [6.45, 7) is 10.4. The fourth-order valence-corrected chi connectivity index (χ4v) is 2.50. The van der Waals surface area contributed by atoms with Gasteiger partial charge in [-0.05, 0) is 62.9 Å². The average Bonchev–Trinajstić information content (AvgIpc) is 2.42. The largest absolute Gasteiger partial charge is 0.484 e. The topological polar surface area (TPSA) is 35.2 Å². The number of nitrogens with two attached hydrogens (primary N) is 1. The second kappa shape index (κ2) is 6.31. The van der Waals surface area contributed by atoms with Crippen molar-refractivity contribution in [3.8, 4) is 5.75 Å². The molecule has 21 heavy (non-hydrogen) atoms. The van der Waals surface area contributed by atoms with Crippen molar-refractivity contribution in [3.05, 3.63) is 64.2 Å². The van der Waals surface area contributed by atoms with Gasteiger partial charge in [0.05, 0.1) is 0 Å².